The number of aromatic carboxylic acids is 1. The van der Waals surface area contributed by atoms with Gasteiger partial charge in [-0.1, -0.05) is 23.8 Å². The molecule has 3 aromatic rings. The Morgan fingerprint density at radius 3 is 2.36 bits per heavy atom. The second-order valence-electron chi connectivity index (χ2n) is 5.57. The van der Waals surface area contributed by atoms with E-state index >= 15 is 0 Å². The maximum absolute atomic E-state index is 13.2. The minimum Gasteiger partial charge on any atom is -0.477 e. The van der Waals surface area contributed by atoms with Crippen LogP contribution in [0.1, 0.15) is 21.6 Å². The van der Waals surface area contributed by atoms with Crippen LogP contribution < -0.4 is 0 Å². The molecule has 3 rings (SSSR count). The molecule has 4 heteroatoms. The summed E-state index contributed by atoms with van der Waals surface area (Å²) < 4.78 is 14.9. The van der Waals surface area contributed by atoms with Gasteiger partial charge in [0.2, 0.25) is 0 Å². The zero-order chi connectivity index (χ0) is 16.0. The number of aryl methyl sites for hydroxylation is 3. The molecule has 22 heavy (non-hydrogen) atoms. The van der Waals surface area contributed by atoms with E-state index in [0.717, 1.165) is 22.0 Å². The average molecular weight is 297 g/mol. The number of carbonyl (C=O) groups is 1. The Kier molecular flexibility index (Phi) is 3.24. The van der Waals surface area contributed by atoms with Crippen LogP contribution >= 0.6 is 0 Å². The Bertz CT molecular complexity index is 892. The van der Waals surface area contributed by atoms with Gasteiger partial charge in [0.05, 0.1) is 5.52 Å². The molecule has 0 aliphatic rings. The van der Waals surface area contributed by atoms with Crippen LogP contribution in [0.15, 0.2) is 36.4 Å². The van der Waals surface area contributed by atoms with Gasteiger partial charge in [-0.15, -0.1) is 0 Å². The SMILES string of the molecule is Cc1cc(C)c2c(c1)c(-c1ccc(F)cc1)c(C(=O)O)n2C. The Morgan fingerprint density at radius 2 is 1.77 bits per heavy atom. The third kappa shape index (κ3) is 2.08. The van der Waals surface area contributed by atoms with Gasteiger partial charge in [0.25, 0.3) is 0 Å². The number of carboxylic acid groups (broad SMARTS) is 1. The zero-order valence-corrected chi connectivity index (χ0v) is 12.6. The van der Waals surface area contributed by atoms with Gasteiger partial charge in [-0.05, 0) is 43.2 Å². The molecule has 1 N–H and O–H groups in total. The fourth-order valence-corrected chi connectivity index (χ4v) is 3.16. The summed E-state index contributed by atoms with van der Waals surface area (Å²) in [6, 6.07) is 9.95. The topological polar surface area (TPSA) is 42.2 Å². The van der Waals surface area contributed by atoms with Crippen molar-refractivity contribution in [3.05, 3.63) is 59.0 Å². The Morgan fingerprint density at radius 1 is 1.14 bits per heavy atom. The first-order valence-electron chi connectivity index (χ1n) is 6.99. The largest absolute Gasteiger partial charge is 0.477 e. The molecule has 0 aliphatic carbocycles. The smallest absolute Gasteiger partial charge is 0.353 e. The molecule has 0 unspecified atom stereocenters. The number of hydrogen-bond acceptors (Lipinski definition) is 1. The van der Waals surface area contributed by atoms with Gasteiger partial charge in [0.15, 0.2) is 0 Å². The molecular formula is C18H16FNO2. The summed E-state index contributed by atoms with van der Waals surface area (Å²) >= 11 is 0. The molecule has 0 aliphatic heterocycles. The van der Waals surface area contributed by atoms with Crippen molar-refractivity contribution in [1.29, 1.82) is 0 Å². The molecule has 1 heterocycles. The van der Waals surface area contributed by atoms with Gasteiger partial charge < -0.3 is 9.67 Å². The summed E-state index contributed by atoms with van der Waals surface area (Å²) in [6.45, 7) is 3.95. The first kappa shape index (κ1) is 14.3. The molecule has 112 valence electrons. The lowest BCUT2D eigenvalue weighted by Crippen LogP contribution is -2.06. The van der Waals surface area contributed by atoms with Crippen LogP contribution in [0.3, 0.4) is 0 Å². The van der Waals surface area contributed by atoms with E-state index < -0.39 is 5.97 Å². The minimum atomic E-state index is -0.991. The van der Waals surface area contributed by atoms with Crippen molar-refractivity contribution in [2.75, 3.05) is 0 Å². The molecule has 0 atom stereocenters. The van der Waals surface area contributed by atoms with Crippen molar-refractivity contribution in [2.45, 2.75) is 13.8 Å². The van der Waals surface area contributed by atoms with Crippen molar-refractivity contribution in [1.82, 2.24) is 4.57 Å². The van der Waals surface area contributed by atoms with Gasteiger partial charge in [-0.25, -0.2) is 9.18 Å². The van der Waals surface area contributed by atoms with Crippen LogP contribution in [0.5, 0.6) is 0 Å². The Balaban J connectivity index is 2.48. The second kappa shape index (κ2) is 4.98. The van der Waals surface area contributed by atoms with Crippen molar-refractivity contribution >= 4 is 16.9 Å². The number of carboxylic acids is 1. The highest BCUT2D eigenvalue weighted by molar-refractivity contribution is 6.09. The van der Waals surface area contributed by atoms with E-state index in [2.05, 4.69) is 0 Å². The number of aromatic nitrogens is 1. The Hall–Kier alpha value is -2.62. The zero-order valence-electron chi connectivity index (χ0n) is 12.6. The summed E-state index contributed by atoms with van der Waals surface area (Å²) in [4.78, 5) is 11.8. The molecule has 0 amide bonds. The van der Waals surface area contributed by atoms with Crippen molar-refractivity contribution in [3.63, 3.8) is 0 Å². The quantitative estimate of drug-likeness (QED) is 0.766. The molecule has 0 spiro atoms. The number of nitrogens with zero attached hydrogens (tertiary/aromatic N) is 1. The van der Waals surface area contributed by atoms with Gasteiger partial charge in [-0.2, -0.15) is 0 Å². The van der Waals surface area contributed by atoms with E-state index in [1.165, 1.54) is 12.1 Å². The molecule has 3 nitrogen and oxygen atoms in total. The van der Waals surface area contributed by atoms with E-state index in [4.69, 9.17) is 0 Å². The summed E-state index contributed by atoms with van der Waals surface area (Å²) in [5.74, 6) is -1.33. The van der Waals surface area contributed by atoms with Gasteiger partial charge in [-0.3, -0.25) is 0 Å². The van der Waals surface area contributed by atoms with Gasteiger partial charge >= 0.3 is 5.97 Å². The first-order valence-corrected chi connectivity index (χ1v) is 6.99. The van der Waals surface area contributed by atoms with Crippen molar-refractivity contribution < 1.29 is 14.3 Å². The first-order chi connectivity index (χ1) is 10.4. The van der Waals surface area contributed by atoms with E-state index in [1.54, 1.807) is 23.7 Å². The summed E-state index contributed by atoms with van der Waals surface area (Å²) in [7, 11) is 1.75. The third-order valence-corrected chi connectivity index (χ3v) is 3.96. The van der Waals surface area contributed by atoms with E-state index in [-0.39, 0.29) is 11.5 Å². The van der Waals surface area contributed by atoms with Crippen molar-refractivity contribution in [3.8, 4) is 11.1 Å². The molecule has 2 aromatic carbocycles. The lowest BCUT2D eigenvalue weighted by atomic mass is 9.99. The van der Waals surface area contributed by atoms with Crippen LogP contribution in [0, 0.1) is 19.7 Å². The number of halogens is 1. The number of fused-ring (bicyclic) bond motifs is 1. The highest BCUT2D eigenvalue weighted by Gasteiger charge is 2.23. The number of hydrogen-bond donors (Lipinski definition) is 1. The van der Waals surface area contributed by atoms with E-state index in [0.29, 0.717) is 11.1 Å². The lowest BCUT2D eigenvalue weighted by Gasteiger charge is -2.04. The van der Waals surface area contributed by atoms with Crippen LogP contribution in [-0.2, 0) is 7.05 Å². The van der Waals surface area contributed by atoms with Crippen LogP contribution in [0.2, 0.25) is 0 Å². The van der Waals surface area contributed by atoms with Crippen LogP contribution in [0.4, 0.5) is 4.39 Å². The van der Waals surface area contributed by atoms with Gasteiger partial charge in [0.1, 0.15) is 11.5 Å². The molecular weight excluding hydrogens is 281 g/mol. The summed E-state index contributed by atoms with van der Waals surface area (Å²) in [6.07, 6.45) is 0. The molecule has 1 aromatic heterocycles. The number of rotatable bonds is 2. The highest BCUT2D eigenvalue weighted by atomic mass is 19.1. The fourth-order valence-electron chi connectivity index (χ4n) is 3.16. The summed E-state index contributed by atoms with van der Waals surface area (Å²) in [5.41, 5.74) is 4.54. The predicted octanol–water partition coefficient (Wildman–Crippen LogP) is 4.30. The standard InChI is InChI=1S/C18H16FNO2/c1-10-8-11(2)16-14(9-10)15(17(18(21)22)20(16)3)12-4-6-13(19)7-5-12/h4-9H,1-3H3,(H,21,22). The maximum Gasteiger partial charge on any atom is 0.353 e. The van der Waals surface area contributed by atoms with E-state index in [1.807, 2.05) is 26.0 Å². The van der Waals surface area contributed by atoms with Crippen LogP contribution in [0.25, 0.3) is 22.0 Å². The molecule has 0 fully saturated rings. The third-order valence-electron chi connectivity index (χ3n) is 3.96. The molecule has 0 saturated carbocycles. The molecule has 0 bridgehead atoms. The lowest BCUT2D eigenvalue weighted by molar-refractivity contribution is 0.0688. The minimum absolute atomic E-state index is 0.218. The molecule has 0 radical (unpaired) electrons. The molecule has 0 saturated heterocycles. The Labute approximate surface area is 127 Å². The van der Waals surface area contributed by atoms with E-state index in [9.17, 15) is 14.3 Å². The van der Waals surface area contributed by atoms with Gasteiger partial charge in [0, 0.05) is 18.0 Å². The number of benzene rings is 2. The maximum atomic E-state index is 13.2. The highest BCUT2D eigenvalue weighted by Crippen LogP contribution is 2.36. The predicted molar refractivity (Wildman–Crippen MR) is 84.7 cm³/mol. The summed E-state index contributed by atoms with van der Waals surface area (Å²) in [5, 5.41) is 10.5. The van der Waals surface area contributed by atoms with Crippen molar-refractivity contribution in [2.24, 2.45) is 7.05 Å². The van der Waals surface area contributed by atoms with Crippen LogP contribution in [-0.4, -0.2) is 15.6 Å². The normalized spacial score (nSPS) is 11.1. The average Bonchev–Trinajstić information content (AvgIpc) is 2.72. The monoisotopic (exact) mass is 297 g/mol. The fraction of sp³-hybridized carbons (Fsp3) is 0.167. The second-order valence-corrected chi connectivity index (χ2v) is 5.57.